The highest BCUT2D eigenvalue weighted by Gasteiger charge is 2.43. The molecule has 136 valence electrons. The normalized spacial score (nSPS) is 20.9. The summed E-state index contributed by atoms with van der Waals surface area (Å²) in [6, 6.07) is 0. The fraction of sp³-hybridized carbons (Fsp3) is 0.938. The molecule has 23 heavy (non-hydrogen) atoms. The van der Waals surface area contributed by atoms with Crippen molar-refractivity contribution >= 4 is 36.7 Å². The van der Waals surface area contributed by atoms with E-state index in [0.29, 0.717) is 30.6 Å². The Labute approximate surface area is 152 Å². The zero-order valence-electron chi connectivity index (χ0n) is 15.5. The van der Waals surface area contributed by atoms with Crippen molar-refractivity contribution in [1.29, 1.82) is 0 Å². The largest absolute Gasteiger partial charge is 0.477 e. The third-order valence-electron chi connectivity index (χ3n) is 4.41. The van der Waals surface area contributed by atoms with E-state index in [9.17, 15) is 0 Å². The average molecular weight is 381 g/mol. The highest BCUT2D eigenvalue weighted by atomic mass is 32.2. The minimum absolute atomic E-state index is 0.0180. The average Bonchev–Trinajstić information content (AvgIpc) is 2.83. The van der Waals surface area contributed by atoms with Gasteiger partial charge in [-0.2, -0.15) is 0 Å². The summed E-state index contributed by atoms with van der Waals surface area (Å²) in [7, 11) is -1.89. The molecule has 0 spiro atoms. The predicted octanol–water partition coefficient (Wildman–Crippen LogP) is 4.58. The number of hydrogen-bond donors (Lipinski definition) is 0. The SMILES string of the molecule is CCOC(C[C@H](O[Si](C)(C)C(C)(C)C)C1COC(=S)S1)OCC. The maximum Gasteiger partial charge on any atom is 0.220 e. The minimum atomic E-state index is -1.89. The monoisotopic (exact) mass is 380 g/mol. The standard InChI is InChI=1S/C16H32O4S2Si/c1-8-17-14(18-9-2)10-12(13-11-19-15(21)22-13)20-23(6,7)16(3,4)5/h12-14H,8-11H2,1-7H3/t12-,13?/m0/s1. The Balaban J connectivity index is 2.86. The number of rotatable bonds is 9. The second kappa shape index (κ2) is 9.15. The Kier molecular flexibility index (Phi) is 8.51. The summed E-state index contributed by atoms with van der Waals surface area (Å²) in [5.74, 6) is 0. The zero-order valence-corrected chi connectivity index (χ0v) is 18.1. The number of hydrogen-bond acceptors (Lipinski definition) is 6. The Morgan fingerprint density at radius 3 is 2.22 bits per heavy atom. The molecule has 1 rings (SSSR count). The van der Waals surface area contributed by atoms with Gasteiger partial charge in [0.05, 0.1) is 11.4 Å². The molecule has 4 nitrogen and oxygen atoms in total. The van der Waals surface area contributed by atoms with Crippen molar-refractivity contribution in [3.63, 3.8) is 0 Å². The summed E-state index contributed by atoms with van der Waals surface area (Å²) in [4.78, 5) is 0. The Hall–Kier alpha value is 0.337. The van der Waals surface area contributed by atoms with E-state index in [1.54, 1.807) is 11.8 Å². The molecule has 1 unspecified atom stereocenters. The Bertz CT molecular complexity index is 379. The van der Waals surface area contributed by atoms with Gasteiger partial charge in [-0.05, 0) is 44.2 Å². The van der Waals surface area contributed by atoms with Crippen LogP contribution >= 0.6 is 24.0 Å². The van der Waals surface area contributed by atoms with Crippen LogP contribution in [0.1, 0.15) is 41.0 Å². The molecule has 0 saturated carbocycles. The molecule has 0 aromatic rings. The summed E-state index contributed by atoms with van der Waals surface area (Å²) in [5.41, 5.74) is 0. The van der Waals surface area contributed by atoms with Crippen molar-refractivity contribution in [1.82, 2.24) is 0 Å². The summed E-state index contributed by atoms with van der Waals surface area (Å²) in [6.45, 7) is 17.1. The first-order valence-corrected chi connectivity index (χ1v) is 12.5. The number of thioether (sulfide) groups is 1. The van der Waals surface area contributed by atoms with Gasteiger partial charge in [0.2, 0.25) is 4.38 Å². The van der Waals surface area contributed by atoms with Gasteiger partial charge in [0.1, 0.15) is 6.61 Å². The van der Waals surface area contributed by atoms with Gasteiger partial charge in [-0.15, -0.1) is 0 Å². The third-order valence-corrected chi connectivity index (χ3v) is 10.4. The second-order valence-corrected chi connectivity index (χ2v) is 13.8. The molecule has 1 aliphatic rings. The van der Waals surface area contributed by atoms with Gasteiger partial charge in [-0.25, -0.2) is 0 Å². The number of ether oxygens (including phenoxy) is 3. The number of thiocarbonyl (C=S) groups is 1. The van der Waals surface area contributed by atoms with Gasteiger partial charge in [0, 0.05) is 19.6 Å². The van der Waals surface area contributed by atoms with Crippen LogP contribution < -0.4 is 0 Å². The molecule has 1 saturated heterocycles. The maximum absolute atomic E-state index is 6.68. The van der Waals surface area contributed by atoms with Crippen molar-refractivity contribution in [2.75, 3.05) is 19.8 Å². The minimum Gasteiger partial charge on any atom is -0.477 e. The molecule has 0 aliphatic carbocycles. The Morgan fingerprint density at radius 1 is 1.26 bits per heavy atom. The van der Waals surface area contributed by atoms with Crippen molar-refractivity contribution in [2.45, 2.75) is 76.8 Å². The van der Waals surface area contributed by atoms with E-state index >= 15 is 0 Å². The topological polar surface area (TPSA) is 36.9 Å². The molecular formula is C16H32O4S2Si. The second-order valence-electron chi connectivity index (χ2n) is 7.21. The zero-order chi connectivity index (χ0) is 17.7. The van der Waals surface area contributed by atoms with Crippen LogP contribution in [0.25, 0.3) is 0 Å². The van der Waals surface area contributed by atoms with Gasteiger partial charge in [-0.3, -0.25) is 0 Å². The molecule has 0 amide bonds. The lowest BCUT2D eigenvalue weighted by Gasteiger charge is -2.41. The van der Waals surface area contributed by atoms with E-state index in [1.807, 2.05) is 13.8 Å². The van der Waals surface area contributed by atoms with Crippen LogP contribution in [0.4, 0.5) is 0 Å². The molecule has 0 N–H and O–H groups in total. The van der Waals surface area contributed by atoms with Crippen LogP contribution in [0.2, 0.25) is 18.1 Å². The van der Waals surface area contributed by atoms with Gasteiger partial charge < -0.3 is 18.6 Å². The van der Waals surface area contributed by atoms with Crippen LogP contribution in [0.15, 0.2) is 0 Å². The molecule has 0 aromatic heterocycles. The fourth-order valence-electron chi connectivity index (χ4n) is 2.10. The smallest absolute Gasteiger partial charge is 0.220 e. The third kappa shape index (κ3) is 6.63. The lowest BCUT2D eigenvalue weighted by Crippen LogP contribution is -2.48. The molecule has 1 heterocycles. The highest BCUT2D eigenvalue weighted by molar-refractivity contribution is 8.23. The van der Waals surface area contributed by atoms with Crippen LogP contribution in [-0.2, 0) is 18.6 Å². The quantitative estimate of drug-likeness (QED) is 0.331. The van der Waals surface area contributed by atoms with Crippen molar-refractivity contribution < 1.29 is 18.6 Å². The molecule has 0 radical (unpaired) electrons. The van der Waals surface area contributed by atoms with Crippen molar-refractivity contribution in [3.05, 3.63) is 0 Å². The van der Waals surface area contributed by atoms with Crippen molar-refractivity contribution in [3.8, 4) is 0 Å². The summed E-state index contributed by atoms with van der Waals surface area (Å²) in [6.07, 6.45) is 0.483. The summed E-state index contributed by atoms with van der Waals surface area (Å²) in [5, 5.41) is 0.364. The van der Waals surface area contributed by atoms with E-state index in [0.717, 1.165) is 0 Å². The van der Waals surface area contributed by atoms with Crippen LogP contribution in [0.3, 0.4) is 0 Å². The first-order chi connectivity index (χ1) is 10.6. The lowest BCUT2D eigenvalue weighted by atomic mass is 10.2. The van der Waals surface area contributed by atoms with Gasteiger partial charge in [0.25, 0.3) is 0 Å². The first-order valence-electron chi connectivity index (χ1n) is 8.35. The fourth-order valence-corrected chi connectivity index (χ4v) is 4.85. The van der Waals surface area contributed by atoms with E-state index in [-0.39, 0.29) is 22.7 Å². The predicted molar refractivity (Wildman–Crippen MR) is 104 cm³/mol. The highest BCUT2D eigenvalue weighted by Crippen LogP contribution is 2.40. The van der Waals surface area contributed by atoms with Gasteiger partial charge in [0.15, 0.2) is 14.6 Å². The van der Waals surface area contributed by atoms with E-state index in [4.69, 9.17) is 30.9 Å². The first kappa shape index (κ1) is 21.4. The van der Waals surface area contributed by atoms with Crippen molar-refractivity contribution in [2.24, 2.45) is 0 Å². The van der Waals surface area contributed by atoms with Crippen LogP contribution in [0.5, 0.6) is 0 Å². The maximum atomic E-state index is 6.68. The lowest BCUT2D eigenvalue weighted by molar-refractivity contribution is -0.151. The summed E-state index contributed by atoms with van der Waals surface area (Å²) >= 11 is 6.78. The van der Waals surface area contributed by atoms with E-state index in [2.05, 4.69) is 33.9 Å². The molecule has 2 atom stereocenters. The molecular weight excluding hydrogens is 348 g/mol. The van der Waals surface area contributed by atoms with E-state index < -0.39 is 8.32 Å². The molecule has 0 aromatic carbocycles. The molecule has 1 fully saturated rings. The Morgan fingerprint density at radius 2 is 1.83 bits per heavy atom. The molecule has 0 bridgehead atoms. The molecule has 7 heteroatoms. The van der Waals surface area contributed by atoms with Crippen LogP contribution in [0, 0.1) is 0 Å². The van der Waals surface area contributed by atoms with Crippen LogP contribution in [-0.4, -0.2) is 50.2 Å². The van der Waals surface area contributed by atoms with Gasteiger partial charge >= 0.3 is 0 Å². The molecule has 1 aliphatic heterocycles. The van der Waals surface area contributed by atoms with Gasteiger partial charge in [-0.1, -0.05) is 32.5 Å². The summed E-state index contributed by atoms with van der Waals surface area (Å²) < 4.78 is 24.2. The van der Waals surface area contributed by atoms with E-state index in [1.165, 1.54) is 0 Å².